The van der Waals surface area contributed by atoms with Crippen LogP contribution in [0.3, 0.4) is 0 Å². The van der Waals surface area contributed by atoms with Gasteiger partial charge in [0, 0.05) is 10.5 Å². The second-order valence-electron chi connectivity index (χ2n) is 4.33. The molecule has 1 unspecified atom stereocenters. The molecule has 0 saturated carbocycles. The van der Waals surface area contributed by atoms with E-state index in [0.29, 0.717) is 5.75 Å². The number of benzene rings is 2. The van der Waals surface area contributed by atoms with E-state index in [1.807, 2.05) is 0 Å². The lowest BCUT2D eigenvalue weighted by Crippen LogP contribution is -2.30. The number of carbonyl (C=O) groups excluding carboxylic acids is 1. The first-order valence-electron chi connectivity index (χ1n) is 6.14. The summed E-state index contributed by atoms with van der Waals surface area (Å²) in [5.41, 5.74) is -0.216. The van der Waals surface area contributed by atoms with E-state index in [0.717, 1.165) is 22.7 Å². The Morgan fingerprint density at radius 1 is 1.19 bits per heavy atom. The summed E-state index contributed by atoms with van der Waals surface area (Å²) in [4.78, 5) is 11.9. The second-order valence-corrected chi connectivity index (χ2v) is 5.24. The highest BCUT2D eigenvalue weighted by Crippen LogP contribution is 2.19. The van der Waals surface area contributed by atoms with Crippen molar-refractivity contribution in [3.63, 3.8) is 0 Å². The standard InChI is InChI=1S/C15H12BrF2NO2/c1-9(21-12-5-2-10(16)3-6-12)15(20)19-14-8-11(17)4-7-13(14)18/h2-9H,1H3,(H,19,20). The largest absolute Gasteiger partial charge is 0.481 e. The van der Waals surface area contributed by atoms with Crippen LogP contribution in [0.25, 0.3) is 0 Å². The van der Waals surface area contributed by atoms with E-state index in [-0.39, 0.29) is 5.69 Å². The Hall–Kier alpha value is -1.95. The van der Waals surface area contributed by atoms with Gasteiger partial charge in [-0.05, 0) is 43.3 Å². The van der Waals surface area contributed by atoms with Crippen molar-refractivity contribution in [1.82, 2.24) is 0 Å². The number of anilines is 1. The van der Waals surface area contributed by atoms with Gasteiger partial charge in [-0.1, -0.05) is 15.9 Å². The Morgan fingerprint density at radius 2 is 1.86 bits per heavy atom. The third-order valence-electron chi connectivity index (χ3n) is 2.68. The van der Waals surface area contributed by atoms with Gasteiger partial charge in [0.25, 0.3) is 5.91 Å². The van der Waals surface area contributed by atoms with E-state index in [9.17, 15) is 13.6 Å². The van der Waals surface area contributed by atoms with Crippen molar-refractivity contribution in [2.24, 2.45) is 0 Å². The maximum Gasteiger partial charge on any atom is 0.265 e. The molecule has 0 aromatic heterocycles. The molecule has 110 valence electrons. The highest BCUT2D eigenvalue weighted by Gasteiger charge is 2.16. The summed E-state index contributed by atoms with van der Waals surface area (Å²) >= 11 is 3.29. The molecule has 2 aromatic rings. The number of rotatable bonds is 4. The van der Waals surface area contributed by atoms with Gasteiger partial charge in [0.1, 0.15) is 17.4 Å². The number of hydrogen-bond donors (Lipinski definition) is 1. The molecule has 2 aromatic carbocycles. The summed E-state index contributed by atoms with van der Waals surface area (Å²) in [6.45, 7) is 1.52. The molecule has 1 atom stereocenters. The van der Waals surface area contributed by atoms with Crippen molar-refractivity contribution in [1.29, 1.82) is 0 Å². The predicted molar refractivity (Wildman–Crippen MR) is 79.2 cm³/mol. The summed E-state index contributed by atoms with van der Waals surface area (Å²) in [6.07, 6.45) is -0.853. The smallest absolute Gasteiger partial charge is 0.265 e. The van der Waals surface area contributed by atoms with Crippen molar-refractivity contribution in [3.8, 4) is 5.75 Å². The van der Waals surface area contributed by atoms with Crippen LogP contribution < -0.4 is 10.1 Å². The highest BCUT2D eigenvalue weighted by atomic mass is 79.9. The number of hydrogen-bond acceptors (Lipinski definition) is 2. The Bertz CT molecular complexity index is 647. The van der Waals surface area contributed by atoms with Gasteiger partial charge in [0.05, 0.1) is 5.69 Å². The summed E-state index contributed by atoms with van der Waals surface area (Å²) in [7, 11) is 0. The van der Waals surface area contributed by atoms with Crippen LogP contribution in [-0.4, -0.2) is 12.0 Å². The van der Waals surface area contributed by atoms with Gasteiger partial charge in [0.2, 0.25) is 0 Å². The first-order chi connectivity index (χ1) is 9.95. The van der Waals surface area contributed by atoms with Crippen LogP contribution in [0, 0.1) is 11.6 Å². The van der Waals surface area contributed by atoms with Crippen LogP contribution in [0.1, 0.15) is 6.92 Å². The molecule has 0 radical (unpaired) electrons. The Kier molecular flexibility index (Phi) is 4.90. The molecule has 2 rings (SSSR count). The molecule has 21 heavy (non-hydrogen) atoms. The predicted octanol–water partition coefficient (Wildman–Crippen LogP) is 4.13. The van der Waals surface area contributed by atoms with Crippen LogP contribution in [0.5, 0.6) is 5.75 Å². The zero-order valence-electron chi connectivity index (χ0n) is 11.1. The van der Waals surface area contributed by atoms with Crippen LogP contribution in [-0.2, 0) is 4.79 Å². The Balaban J connectivity index is 2.02. The minimum Gasteiger partial charge on any atom is -0.481 e. The minimum atomic E-state index is -0.853. The molecule has 0 aliphatic rings. The average Bonchev–Trinajstić information content (AvgIpc) is 2.45. The summed E-state index contributed by atoms with van der Waals surface area (Å²) in [5, 5.41) is 2.29. The van der Waals surface area contributed by atoms with Crippen LogP contribution >= 0.6 is 15.9 Å². The molecule has 0 aliphatic heterocycles. The fraction of sp³-hybridized carbons (Fsp3) is 0.133. The van der Waals surface area contributed by atoms with E-state index in [2.05, 4.69) is 21.2 Å². The third kappa shape index (κ3) is 4.26. The summed E-state index contributed by atoms with van der Waals surface area (Å²) in [6, 6.07) is 9.77. The number of ether oxygens (including phenoxy) is 1. The number of amides is 1. The molecule has 6 heteroatoms. The maximum atomic E-state index is 13.4. The van der Waals surface area contributed by atoms with Gasteiger partial charge in [-0.25, -0.2) is 8.78 Å². The SMILES string of the molecule is CC(Oc1ccc(Br)cc1)C(=O)Nc1cc(F)ccc1F. The van der Waals surface area contributed by atoms with E-state index in [1.54, 1.807) is 24.3 Å². The second kappa shape index (κ2) is 6.67. The van der Waals surface area contributed by atoms with Crippen molar-refractivity contribution in [2.75, 3.05) is 5.32 Å². The van der Waals surface area contributed by atoms with Gasteiger partial charge in [0.15, 0.2) is 6.10 Å². The highest BCUT2D eigenvalue weighted by molar-refractivity contribution is 9.10. The molecule has 1 N–H and O–H groups in total. The van der Waals surface area contributed by atoms with Crippen molar-refractivity contribution in [3.05, 3.63) is 58.6 Å². The van der Waals surface area contributed by atoms with Gasteiger partial charge in [-0.15, -0.1) is 0 Å². The van der Waals surface area contributed by atoms with Crippen LogP contribution in [0.2, 0.25) is 0 Å². The number of halogens is 3. The molecule has 0 aliphatic carbocycles. The molecule has 1 amide bonds. The number of carbonyl (C=O) groups is 1. The lowest BCUT2D eigenvalue weighted by molar-refractivity contribution is -0.122. The molecule has 3 nitrogen and oxygen atoms in total. The number of nitrogens with one attached hydrogen (secondary N) is 1. The van der Waals surface area contributed by atoms with Crippen molar-refractivity contribution >= 4 is 27.5 Å². The van der Waals surface area contributed by atoms with Gasteiger partial charge >= 0.3 is 0 Å². The van der Waals surface area contributed by atoms with Crippen LogP contribution in [0.4, 0.5) is 14.5 Å². The molecule has 0 heterocycles. The quantitative estimate of drug-likeness (QED) is 0.895. The van der Waals surface area contributed by atoms with Gasteiger partial charge in [-0.3, -0.25) is 4.79 Å². The van der Waals surface area contributed by atoms with E-state index in [4.69, 9.17) is 4.74 Å². The first-order valence-corrected chi connectivity index (χ1v) is 6.93. The zero-order chi connectivity index (χ0) is 15.4. The lowest BCUT2D eigenvalue weighted by Gasteiger charge is -2.15. The Morgan fingerprint density at radius 3 is 2.52 bits per heavy atom. The third-order valence-corrected chi connectivity index (χ3v) is 3.21. The molecule has 0 saturated heterocycles. The van der Waals surface area contributed by atoms with Crippen molar-refractivity contribution in [2.45, 2.75) is 13.0 Å². The van der Waals surface area contributed by atoms with Gasteiger partial charge < -0.3 is 10.1 Å². The van der Waals surface area contributed by atoms with Crippen LogP contribution in [0.15, 0.2) is 46.9 Å². The maximum absolute atomic E-state index is 13.4. The molecule has 0 fully saturated rings. The average molecular weight is 356 g/mol. The molecular weight excluding hydrogens is 344 g/mol. The van der Waals surface area contributed by atoms with E-state index < -0.39 is 23.6 Å². The van der Waals surface area contributed by atoms with Crippen molar-refractivity contribution < 1.29 is 18.3 Å². The fourth-order valence-corrected chi connectivity index (χ4v) is 1.86. The molecule has 0 spiro atoms. The summed E-state index contributed by atoms with van der Waals surface area (Å²) in [5.74, 6) is -1.41. The van der Waals surface area contributed by atoms with Gasteiger partial charge in [-0.2, -0.15) is 0 Å². The topological polar surface area (TPSA) is 38.3 Å². The van der Waals surface area contributed by atoms with E-state index >= 15 is 0 Å². The normalized spacial score (nSPS) is 11.8. The zero-order valence-corrected chi connectivity index (χ0v) is 12.7. The first kappa shape index (κ1) is 15.4. The lowest BCUT2D eigenvalue weighted by atomic mass is 10.2. The molecular formula is C15H12BrF2NO2. The molecule has 0 bridgehead atoms. The fourth-order valence-electron chi connectivity index (χ4n) is 1.60. The minimum absolute atomic E-state index is 0.216. The Labute approximate surface area is 129 Å². The summed E-state index contributed by atoms with van der Waals surface area (Å²) < 4.78 is 32.8. The van der Waals surface area contributed by atoms with E-state index in [1.165, 1.54) is 6.92 Å². The monoisotopic (exact) mass is 355 g/mol.